The average Bonchev–Trinajstić information content (AvgIpc) is 3.87. The summed E-state index contributed by atoms with van der Waals surface area (Å²) in [6, 6.07) is 26.1. The van der Waals surface area contributed by atoms with E-state index in [2.05, 4.69) is 33.5 Å². The molecular weight excluding hydrogens is 531 g/mol. The van der Waals surface area contributed by atoms with Crippen LogP contribution >= 0.6 is 0 Å². The zero-order valence-corrected chi connectivity index (χ0v) is 23.5. The average molecular weight is 563 g/mol. The van der Waals surface area contributed by atoms with Crippen molar-refractivity contribution < 1.29 is 18.7 Å². The number of halogens is 1. The number of hydrogen-bond acceptors (Lipinski definition) is 6. The Labute approximate surface area is 244 Å². The molecule has 6 rings (SSSR count). The molecule has 0 radical (unpaired) electrons. The molecule has 1 fully saturated rings. The monoisotopic (exact) mass is 562 g/mol. The van der Waals surface area contributed by atoms with Crippen LogP contribution in [0, 0.1) is 5.82 Å². The lowest BCUT2D eigenvalue weighted by Crippen LogP contribution is -2.32. The maximum atomic E-state index is 13.8. The number of amides is 1. The highest BCUT2D eigenvalue weighted by Crippen LogP contribution is 2.32. The molecule has 1 saturated carbocycles. The molecule has 0 bridgehead atoms. The van der Waals surface area contributed by atoms with Gasteiger partial charge in [-0.25, -0.2) is 14.4 Å². The topological polar surface area (TPSA) is 76.6 Å². The van der Waals surface area contributed by atoms with Gasteiger partial charge in [-0.05, 0) is 78.1 Å². The smallest absolute Gasteiger partial charge is 0.254 e. The lowest BCUT2D eigenvalue weighted by molar-refractivity contribution is 0.0729. The van der Waals surface area contributed by atoms with Crippen LogP contribution in [0.15, 0.2) is 91.3 Å². The third-order valence-electron chi connectivity index (χ3n) is 7.51. The number of hydrogen-bond donors (Lipinski definition) is 1. The van der Waals surface area contributed by atoms with E-state index in [9.17, 15) is 9.18 Å². The van der Waals surface area contributed by atoms with E-state index in [1.165, 1.54) is 12.1 Å². The molecule has 0 aliphatic heterocycles. The van der Waals surface area contributed by atoms with Gasteiger partial charge in [-0.3, -0.25) is 4.79 Å². The number of rotatable bonds is 10. The second kappa shape index (κ2) is 11.9. The number of fused-ring (bicyclic) bond motifs is 1. The molecule has 1 aliphatic carbocycles. The molecule has 42 heavy (non-hydrogen) atoms. The number of carbonyl (C=O) groups is 1. The van der Waals surface area contributed by atoms with Crippen molar-refractivity contribution in [1.82, 2.24) is 14.9 Å². The van der Waals surface area contributed by atoms with Crippen LogP contribution in [0.1, 0.15) is 34.3 Å². The van der Waals surface area contributed by atoms with Crippen molar-refractivity contribution in [1.29, 1.82) is 0 Å². The lowest BCUT2D eigenvalue weighted by atomic mass is 10.0. The fourth-order valence-electron chi connectivity index (χ4n) is 5.14. The van der Waals surface area contributed by atoms with E-state index in [0.29, 0.717) is 18.7 Å². The van der Waals surface area contributed by atoms with Gasteiger partial charge in [0.25, 0.3) is 5.91 Å². The fourth-order valence-corrected chi connectivity index (χ4v) is 5.14. The molecule has 0 unspecified atom stereocenters. The molecule has 1 aromatic heterocycles. The second-order valence-corrected chi connectivity index (χ2v) is 10.4. The molecular formula is C34H31FN4O3. The molecule has 0 atom stereocenters. The highest BCUT2D eigenvalue weighted by molar-refractivity contribution is 5.95. The molecule has 0 spiro atoms. The van der Waals surface area contributed by atoms with Crippen molar-refractivity contribution in [3.63, 3.8) is 0 Å². The van der Waals surface area contributed by atoms with Crippen LogP contribution < -0.4 is 14.8 Å². The molecule has 212 valence electrons. The Morgan fingerprint density at radius 3 is 2.55 bits per heavy atom. The largest absolute Gasteiger partial charge is 0.497 e. The lowest BCUT2D eigenvalue weighted by Gasteiger charge is -2.23. The zero-order chi connectivity index (χ0) is 29.1. The highest BCUT2D eigenvalue weighted by atomic mass is 19.1. The Bertz CT molecular complexity index is 1750. The summed E-state index contributed by atoms with van der Waals surface area (Å²) < 4.78 is 24.7. The van der Waals surface area contributed by atoms with Gasteiger partial charge in [0.05, 0.1) is 19.7 Å². The number of nitrogens with zero attached hydrogens (tertiary/aromatic N) is 3. The van der Waals surface area contributed by atoms with Gasteiger partial charge in [-0.15, -0.1) is 0 Å². The molecule has 0 saturated heterocycles. The van der Waals surface area contributed by atoms with Gasteiger partial charge >= 0.3 is 0 Å². The number of ether oxygens (including phenoxy) is 2. The van der Waals surface area contributed by atoms with Crippen molar-refractivity contribution in [2.75, 3.05) is 19.5 Å². The minimum Gasteiger partial charge on any atom is -0.497 e. The molecule has 1 amide bonds. The maximum Gasteiger partial charge on any atom is 0.254 e. The summed E-state index contributed by atoms with van der Waals surface area (Å²) in [6.07, 6.45) is 3.48. The summed E-state index contributed by atoms with van der Waals surface area (Å²) >= 11 is 0. The maximum absolute atomic E-state index is 13.8. The Morgan fingerprint density at radius 2 is 1.76 bits per heavy atom. The van der Waals surface area contributed by atoms with Crippen molar-refractivity contribution in [3.05, 3.63) is 114 Å². The van der Waals surface area contributed by atoms with E-state index in [-0.39, 0.29) is 11.9 Å². The summed E-state index contributed by atoms with van der Waals surface area (Å²) in [7, 11) is 3.27. The quantitative estimate of drug-likeness (QED) is 0.200. The van der Waals surface area contributed by atoms with Gasteiger partial charge in [0.2, 0.25) is 0 Å². The van der Waals surface area contributed by atoms with Crippen LogP contribution in [0.2, 0.25) is 0 Å². The SMILES string of the molecule is COc1ccc(CNc2ncnc3ccc(-c4cccc(CN(C(=O)c5cccc(F)c5)C5CC5)c4)cc23)c(OC)c1. The van der Waals surface area contributed by atoms with Gasteiger partial charge in [0.1, 0.15) is 29.5 Å². The van der Waals surface area contributed by atoms with Gasteiger partial charge in [-0.2, -0.15) is 0 Å². The summed E-state index contributed by atoms with van der Waals surface area (Å²) in [4.78, 5) is 24.1. The van der Waals surface area contributed by atoms with Crippen molar-refractivity contribution in [2.24, 2.45) is 0 Å². The number of benzene rings is 4. The van der Waals surface area contributed by atoms with Crippen LogP contribution in [0.3, 0.4) is 0 Å². The minimum atomic E-state index is -0.407. The van der Waals surface area contributed by atoms with E-state index in [4.69, 9.17) is 9.47 Å². The molecule has 7 nitrogen and oxygen atoms in total. The predicted molar refractivity (Wildman–Crippen MR) is 161 cm³/mol. The first-order valence-corrected chi connectivity index (χ1v) is 13.9. The number of aromatic nitrogens is 2. The van der Waals surface area contributed by atoms with Gasteiger partial charge in [0.15, 0.2) is 0 Å². The fraction of sp³-hybridized carbons (Fsp3) is 0.206. The van der Waals surface area contributed by atoms with Gasteiger partial charge < -0.3 is 19.7 Å². The molecule has 4 aromatic carbocycles. The van der Waals surface area contributed by atoms with E-state index in [0.717, 1.165) is 63.3 Å². The Balaban J connectivity index is 1.25. The van der Waals surface area contributed by atoms with E-state index in [1.807, 2.05) is 47.4 Å². The van der Waals surface area contributed by atoms with Crippen LogP contribution in [0.25, 0.3) is 22.0 Å². The van der Waals surface area contributed by atoms with Gasteiger partial charge in [0, 0.05) is 41.7 Å². The Kier molecular flexibility index (Phi) is 7.68. The summed E-state index contributed by atoms with van der Waals surface area (Å²) in [5, 5.41) is 4.34. The molecule has 1 N–H and O–H groups in total. The van der Waals surface area contributed by atoms with E-state index in [1.54, 1.807) is 32.7 Å². The summed E-state index contributed by atoms with van der Waals surface area (Å²) in [5.74, 6) is 1.63. The van der Waals surface area contributed by atoms with Crippen LogP contribution in [-0.2, 0) is 13.1 Å². The standard InChI is InChI=1S/C34H31FN4O3/c1-41-29-13-9-26(32(18-29)42-2)19-36-33-30-17-24(10-14-31(30)37-21-38-33)23-6-3-5-22(15-23)20-39(28-11-12-28)34(40)25-7-4-8-27(35)16-25/h3-10,13-18,21,28H,11-12,19-20H2,1-2H3,(H,36,37,38). The minimum absolute atomic E-state index is 0.144. The molecule has 8 heteroatoms. The molecule has 1 heterocycles. The molecule has 5 aromatic rings. The normalized spacial score (nSPS) is 12.6. The number of methoxy groups -OCH3 is 2. The van der Waals surface area contributed by atoms with Crippen molar-refractivity contribution in [3.8, 4) is 22.6 Å². The first-order valence-electron chi connectivity index (χ1n) is 13.9. The van der Waals surface area contributed by atoms with Crippen LogP contribution in [-0.4, -0.2) is 41.0 Å². The van der Waals surface area contributed by atoms with Crippen molar-refractivity contribution in [2.45, 2.75) is 32.0 Å². The summed E-state index contributed by atoms with van der Waals surface area (Å²) in [6.45, 7) is 0.969. The highest BCUT2D eigenvalue weighted by Gasteiger charge is 2.33. The van der Waals surface area contributed by atoms with Gasteiger partial charge in [-0.1, -0.05) is 30.3 Å². The third-order valence-corrected chi connectivity index (χ3v) is 7.51. The predicted octanol–water partition coefficient (Wildman–Crippen LogP) is 6.87. The molecule has 1 aliphatic rings. The second-order valence-electron chi connectivity index (χ2n) is 10.4. The first-order chi connectivity index (χ1) is 20.5. The van der Waals surface area contributed by atoms with E-state index >= 15 is 0 Å². The van der Waals surface area contributed by atoms with Crippen LogP contribution in [0.5, 0.6) is 11.5 Å². The number of carbonyl (C=O) groups excluding carboxylic acids is 1. The zero-order valence-electron chi connectivity index (χ0n) is 23.5. The number of anilines is 1. The summed E-state index contributed by atoms with van der Waals surface area (Å²) in [5.41, 5.74) is 5.23. The Morgan fingerprint density at radius 1 is 0.929 bits per heavy atom. The first kappa shape index (κ1) is 27.2. The third kappa shape index (κ3) is 5.88. The number of nitrogens with one attached hydrogen (secondary N) is 1. The Hall–Kier alpha value is -4.98. The van der Waals surface area contributed by atoms with Crippen molar-refractivity contribution >= 4 is 22.6 Å². The van der Waals surface area contributed by atoms with E-state index < -0.39 is 5.82 Å². The van der Waals surface area contributed by atoms with Crippen LogP contribution in [0.4, 0.5) is 10.2 Å².